The van der Waals surface area contributed by atoms with Gasteiger partial charge in [-0.1, -0.05) is 6.58 Å². The molecular formula is C12H15ClO6. The van der Waals surface area contributed by atoms with Crippen LogP contribution in [0.2, 0.25) is 0 Å². The lowest BCUT2D eigenvalue weighted by Gasteiger charge is -2.55. The Bertz CT molecular complexity index is 454. The lowest BCUT2D eigenvalue weighted by molar-refractivity contribution is -0.380. The lowest BCUT2D eigenvalue weighted by atomic mass is 9.74. The minimum atomic E-state index is -1.39. The number of esters is 1. The molecular weight excluding hydrogens is 276 g/mol. The van der Waals surface area contributed by atoms with Crippen LogP contribution in [0.4, 0.5) is 0 Å². The lowest BCUT2D eigenvalue weighted by Crippen LogP contribution is -2.68. The van der Waals surface area contributed by atoms with Gasteiger partial charge in [0.25, 0.3) is 0 Å². The Morgan fingerprint density at radius 2 is 2.37 bits per heavy atom. The third kappa shape index (κ3) is 1.49. The molecule has 0 aromatic carbocycles. The van der Waals surface area contributed by atoms with Crippen molar-refractivity contribution in [2.45, 2.75) is 43.2 Å². The van der Waals surface area contributed by atoms with Gasteiger partial charge in [-0.05, 0) is 0 Å². The van der Waals surface area contributed by atoms with Crippen molar-refractivity contribution < 1.29 is 29.2 Å². The maximum Gasteiger partial charge on any atom is 0.303 e. The van der Waals surface area contributed by atoms with Crippen LogP contribution in [0.5, 0.6) is 0 Å². The number of aliphatic hydroxyl groups excluding tert-OH is 1. The molecule has 3 saturated heterocycles. The van der Waals surface area contributed by atoms with E-state index < -0.39 is 41.8 Å². The summed E-state index contributed by atoms with van der Waals surface area (Å²) >= 11 is 5.99. The van der Waals surface area contributed by atoms with Crippen molar-refractivity contribution in [3.05, 3.63) is 12.2 Å². The van der Waals surface area contributed by atoms with Gasteiger partial charge in [-0.3, -0.25) is 4.79 Å². The highest BCUT2D eigenvalue weighted by Crippen LogP contribution is 2.60. The molecule has 2 N–H and O–H groups in total. The highest BCUT2D eigenvalue weighted by molar-refractivity contribution is 6.18. The largest absolute Gasteiger partial charge is 0.459 e. The van der Waals surface area contributed by atoms with E-state index in [1.807, 2.05) is 0 Å². The van der Waals surface area contributed by atoms with E-state index in [2.05, 4.69) is 6.58 Å². The summed E-state index contributed by atoms with van der Waals surface area (Å²) in [6.45, 7) is 5.04. The molecule has 0 aromatic heterocycles. The zero-order chi connectivity index (χ0) is 14.0. The van der Waals surface area contributed by atoms with Crippen LogP contribution in [0.3, 0.4) is 0 Å². The molecule has 0 spiro atoms. The Hall–Kier alpha value is -0.660. The van der Waals surface area contributed by atoms with Crippen LogP contribution in [0, 0.1) is 5.92 Å². The van der Waals surface area contributed by atoms with Crippen LogP contribution >= 0.6 is 11.6 Å². The second-order valence-corrected chi connectivity index (χ2v) is 5.56. The van der Waals surface area contributed by atoms with Crippen LogP contribution in [-0.2, 0) is 19.0 Å². The number of fused-ring (bicyclic) bond motifs is 1. The van der Waals surface area contributed by atoms with Gasteiger partial charge in [0.2, 0.25) is 0 Å². The summed E-state index contributed by atoms with van der Waals surface area (Å²) in [7, 11) is 0. The number of alkyl halides is 1. The molecule has 3 aliphatic heterocycles. The molecule has 0 aromatic rings. The normalized spacial score (nSPS) is 51.5. The molecule has 0 radical (unpaired) electrons. The van der Waals surface area contributed by atoms with Crippen molar-refractivity contribution in [1.29, 1.82) is 0 Å². The van der Waals surface area contributed by atoms with Crippen molar-refractivity contribution in [3.63, 3.8) is 0 Å². The highest BCUT2D eigenvalue weighted by atomic mass is 35.5. The number of rotatable bonds is 2. The molecule has 4 bridgehead atoms. The molecule has 19 heavy (non-hydrogen) atoms. The van der Waals surface area contributed by atoms with Crippen molar-refractivity contribution in [2.24, 2.45) is 5.92 Å². The van der Waals surface area contributed by atoms with Crippen molar-refractivity contribution in [1.82, 2.24) is 0 Å². The number of halogens is 1. The maximum absolute atomic E-state index is 11.2. The topological polar surface area (TPSA) is 85.2 Å². The number of aliphatic hydroxyl groups is 2. The first-order valence-electron chi connectivity index (χ1n) is 6.01. The first-order chi connectivity index (χ1) is 8.85. The number of carbonyl (C=O) groups excluding carboxylic acids is 1. The quantitative estimate of drug-likeness (QED) is 0.420. The molecule has 7 heteroatoms. The highest BCUT2D eigenvalue weighted by Gasteiger charge is 2.75. The fourth-order valence-electron chi connectivity index (χ4n) is 3.48. The van der Waals surface area contributed by atoms with E-state index in [0.29, 0.717) is 5.57 Å². The summed E-state index contributed by atoms with van der Waals surface area (Å²) in [6, 6.07) is 0. The standard InChI is InChI=1S/C12H15ClO6/c1-5-10-18-9(15)8-11(5,16)3-7(17-6(2)14)12(8,4-13)19-10/h7-10,15-16H,1,3-4H2,2H3/t7-,8-,9+,10-,11-,12+/m0/s1. The van der Waals surface area contributed by atoms with E-state index in [9.17, 15) is 15.0 Å². The summed E-state index contributed by atoms with van der Waals surface area (Å²) in [6.07, 6.45) is -2.81. The van der Waals surface area contributed by atoms with E-state index >= 15 is 0 Å². The first kappa shape index (κ1) is 13.3. The van der Waals surface area contributed by atoms with Gasteiger partial charge >= 0.3 is 5.97 Å². The predicted octanol–water partition coefficient (Wildman–Crippen LogP) is -0.0922. The van der Waals surface area contributed by atoms with Crippen molar-refractivity contribution in [3.8, 4) is 0 Å². The molecule has 3 heterocycles. The number of hydrogen-bond donors (Lipinski definition) is 2. The van der Waals surface area contributed by atoms with Crippen LogP contribution < -0.4 is 0 Å². The minimum Gasteiger partial charge on any atom is -0.459 e. The van der Waals surface area contributed by atoms with Crippen LogP contribution in [0.25, 0.3) is 0 Å². The summed E-state index contributed by atoms with van der Waals surface area (Å²) < 4.78 is 16.1. The fourth-order valence-corrected chi connectivity index (χ4v) is 3.88. The summed E-state index contributed by atoms with van der Waals surface area (Å²) in [5.41, 5.74) is -2.21. The van der Waals surface area contributed by atoms with Crippen LogP contribution in [0.1, 0.15) is 13.3 Å². The van der Waals surface area contributed by atoms with Gasteiger partial charge in [0.15, 0.2) is 12.6 Å². The second kappa shape index (κ2) is 3.93. The SMILES string of the molecule is C=C1[C@H]2O[C@@H](O)[C@@H]3[C@](CCl)(O2)[C@@H](OC(C)=O)C[C@]13O. The molecule has 1 aliphatic carbocycles. The molecule has 4 rings (SSSR count). The van der Waals surface area contributed by atoms with Gasteiger partial charge < -0.3 is 24.4 Å². The molecule has 0 amide bonds. The molecule has 6 nitrogen and oxygen atoms in total. The zero-order valence-electron chi connectivity index (χ0n) is 10.3. The van der Waals surface area contributed by atoms with Crippen molar-refractivity contribution in [2.75, 3.05) is 5.88 Å². The Balaban J connectivity index is 2.07. The Labute approximate surface area is 114 Å². The first-order valence-corrected chi connectivity index (χ1v) is 6.55. The van der Waals surface area contributed by atoms with E-state index in [4.69, 9.17) is 25.8 Å². The van der Waals surface area contributed by atoms with Gasteiger partial charge in [-0.2, -0.15) is 0 Å². The minimum absolute atomic E-state index is 0.0257. The monoisotopic (exact) mass is 290 g/mol. The number of carbonyl (C=O) groups is 1. The molecule has 0 unspecified atom stereocenters. The van der Waals surface area contributed by atoms with Gasteiger partial charge in [0.05, 0.1) is 11.8 Å². The van der Waals surface area contributed by atoms with Crippen LogP contribution in [-0.4, -0.2) is 51.9 Å². The zero-order valence-corrected chi connectivity index (χ0v) is 11.1. The van der Waals surface area contributed by atoms with Gasteiger partial charge in [-0.15, -0.1) is 11.6 Å². The van der Waals surface area contributed by atoms with Gasteiger partial charge in [-0.25, -0.2) is 0 Å². The van der Waals surface area contributed by atoms with E-state index in [1.165, 1.54) is 6.92 Å². The average Bonchev–Trinajstić information content (AvgIpc) is 2.54. The van der Waals surface area contributed by atoms with E-state index in [0.717, 1.165) is 0 Å². The van der Waals surface area contributed by atoms with E-state index in [-0.39, 0.29) is 12.3 Å². The van der Waals surface area contributed by atoms with Crippen LogP contribution in [0.15, 0.2) is 12.2 Å². The Morgan fingerprint density at radius 1 is 1.68 bits per heavy atom. The fraction of sp³-hybridized carbons (Fsp3) is 0.750. The number of hydrogen-bond acceptors (Lipinski definition) is 6. The Morgan fingerprint density at radius 3 is 2.95 bits per heavy atom. The van der Waals surface area contributed by atoms with E-state index in [1.54, 1.807) is 0 Å². The molecule has 1 saturated carbocycles. The number of ether oxygens (including phenoxy) is 3. The van der Waals surface area contributed by atoms with Crippen molar-refractivity contribution >= 4 is 17.6 Å². The predicted molar refractivity (Wildman–Crippen MR) is 63.2 cm³/mol. The summed E-state index contributed by atoms with van der Waals surface area (Å²) in [4.78, 5) is 11.2. The summed E-state index contributed by atoms with van der Waals surface area (Å²) in [5.74, 6) is -1.34. The average molecular weight is 291 g/mol. The maximum atomic E-state index is 11.2. The third-order valence-electron chi connectivity index (χ3n) is 4.31. The van der Waals surface area contributed by atoms with Gasteiger partial charge in [0, 0.05) is 18.9 Å². The van der Waals surface area contributed by atoms with Gasteiger partial charge in [0.1, 0.15) is 17.3 Å². The smallest absolute Gasteiger partial charge is 0.303 e. The Kier molecular flexibility index (Phi) is 2.75. The summed E-state index contributed by atoms with van der Waals surface area (Å²) in [5, 5.41) is 20.8. The molecule has 6 atom stereocenters. The second-order valence-electron chi connectivity index (χ2n) is 5.29. The molecule has 4 fully saturated rings. The third-order valence-corrected chi connectivity index (χ3v) is 4.73. The molecule has 106 valence electrons. The molecule has 4 aliphatic rings.